The van der Waals surface area contributed by atoms with Gasteiger partial charge in [0.2, 0.25) is 0 Å². The van der Waals surface area contributed by atoms with Crippen LogP contribution in [0.25, 0.3) is 0 Å². The van der Waals surface area contributed by atoms with Crippen molar-refractivity contribution in [1.29, 1.82) is 0 Å². The van der Waals surface area contributed by atoms with Crippen LogP contribution in [0.1, 0.15) is 64.9 Å². The third-order valence-electron chi connectivity index (χ3n) is 4.39. The lowest BCUT2D eigenvalue weighted by Crippen LogP contribution is -2.34. The molecule has 0 aliphatic heterocycles. The summed E-state index contributed by atoms with van der Waals surface area (Å²) in [5.74, 6) is 0.178. The Morgan fingerprint density at radius 1 is 1.12 bits per heavy atom. The van der Waals surface area contributed by atoms with Gasteiger partial charge in [-0.1, -0.05) is 42.1 Å². The second-order valence-corrected chi connectivity index (χ2v) is 6.75. The molecule has 0 spiro atoms. The van der Waals surface area contributed by atoms with Crippen LogP contribution in [0.3, 0.4) is 0 Å². The van der Waals surface area contributed by atoms with Crippen LogP contribution < -0.4 is 10.6 Å². The van der Waals surface area contributed by atoms with E-state index in [9.17, 15) is 9.59 Å². The van der Waals surface area contributed by atoms with Gasteiger partial charge in [-0.3, -0.25) is 9.59 Å². The van der Waals surface area contributed by atoms with Crippen molar-refractivity contribution in [3.63, 3.8) is 0 Å². The molecule has 2 aromatic rings. The molecule has 0 unspecified atom stereocenters. The summed E-state index contributed by atoms with van der Waals surface area (Å²) in [5, 5.41) is 9.80. The maximum Gasteiger partial charge on any atom is 0.315 e. The van der Waals surface area contributed by atoms with Gasteiger partial charge in [0.1, 0.15) is 0 Å². The second-order valence-electron chi connectivity index (χ2n) is 6.31. The number of carbonyl (C=O) groups excluding carboxylic acids is 2. The van der Waals surface area contributed by atoms with E-state index < -0.39 is 5.91 Å². The number of halogens is 1. The topological polar surface area (TPSA) is 97.1 Å². The highest BCUT2D eigenvalue weighted by Crippen LogP contribution is 2.30. The van der Waals surface area contributed by atoms with E-state index >= 15 is 0 Å². The summed E-state index contributed by atoms with van der Waals surface area (Å²) in [6.07, 6.45) is 5.63. The zero-order chi connectivity index (χ0) is 18.4. The van der Waals surface area contributed by atoms with Gasteiger partial charge in [0, 0.05) is 29.6 Å². The van der Waals surface area contributed by atoms with Crippen molar-refractivity contribution in [3.8, 4) is 0 Å². The Labute approximate surface area is 156 Å². The number of nitrogens with one attached hydrogen (secondary N) is 2. The first-order chi connectivity index (χ1) is 12.6. The minimum Gasteiger partial charge on any atom is -0.350 e. The van der Waals surface area contributed by atoms with Gasteiger partial charge in [-0.2, -0.15) is 4.98 Å². The van der Waals surface area contributed by atoms with Gasteiger partial charge in [0.15, 0.2) is 5.82 Å². The lowest BCUT2D eigenvalue weighted by Gasteiger charge is -2.17. The molecule has 1 aromatic heterocycles. The Bertz CT molecular complexity index is 771. The summed E-state index contributed by atoms with van der Waals surface area (Å²) in [4.78, 5) is 28.2. The highest BCUT2D eigenvalue weighted by atomic mass is 35.5. The number of aromatic nitrogens is 2. The molecule has 26 heavy (non-hydrogen) atoms. The summed E-state index contributed by atoms with van der Waals surface area (Å²) < 4.78 is 5.07. The molecule has 1 aliphatic rings. The predicted octanol–water partition coefficient (Wildman–Crippen LogP) is 2.93. The Hall–Kier alpha value is -2.41. The summed E-state index contributed by atoms with van der Waals surface area (Å²) in [5.41, 5.74) is 0.470. The van der Waals surface area contributed by atoms with Crippen molar-refractivity contribution in [2.75, 3.05) is 13.1 Å². The average Bonchev–Trinajstić information content (AvgIpc) is 3.16. The summed E-state index contributed by atoms with van der Waals surface area (Å²) in [7, 11) is 0. The van der Waals surface area contributed by atoms with Gasteiger partial charge in [0.05, 0.1) is 0 Å². The maximum atomic E-state index is 12.1. The monoisotopic (exact) mass is 376 g/mol. The number of carbonyl (C=O) groups is 2. The molecular formula is C18H21ClN4O3. The van der Waals surface area contributed by atoms with Crippen molar-refractivity contribution in [3.05, 3.63) is 46.6 Å². The minimum atomic E-state index is -0.434. The molecule has 2 amide bonds. The summed E-state index contributed by atoms with van der Waals surface area (Å²) in [6.45, 7) is 0.535. The quantitative estimate of drug-likeness (QED) is 0.755. The van der Waals surface area contributed by atoms with Crippen LogP contribution in [-0.4, -0.2) is 35.0 Å². The fraction of sp³-hybridized carbons (Fsp3) is 0.444. The standard InChI is InChI=1S/C18H21ClN4O3/c19-14-8-4-7-13(11-14)16(24)20-9-10-21-17(25)18-22-15(23-26-18)12-5-2-1-3-6-12/h4,7-8,11-12H,1-3,5-6,9-10H2,(H,20,24)(H,21,25). The molecule has 1 aliphatic carbocycles. The Morgan fingerprint density at radius 3 is 2.58 bits per heavy atom. The van der Waals surface area contributed by atoms with Gasteiger partial charge in [0.25, 0.3) is 5.91 Å². The van der Waals surface area contributed by atoms with Crippen molar-refractivity contribution in [2.24, 2.45) is 0 Å². The number of rotatable bonds is 6. The molecule has 138 valence electrons. The van der Waals surface area contributed by atoms with E-state index in [1.807, 2.05) is 0 Å². The molecule has 0 saturated heterocycles. The predicted molar refractivity (Wildman–Crippen MR) is 96.2 cm³/mol. The van der Waals surface area contributed by atoms with Crippen LogP contribution >= 0.6 is 11.6 Å². The molecule has 1 fully saturated rings. The molecular weight excluding hydrogens is 356 g/mol. The third kappa shape index (κ3) is 4.82. The van der Waals surface area contributed by atoms with Crippen LogP contribution in [0.15, 0.2) is 28.8 Å². The van der Waals surface area contributed by atoms with Crippen molar-refractivity contribution < 1.29 is 14.1 Å². The number of hydrogen-bond acceptors (Lipinski definition) is 5. The molecule has 8 heteroatoms. The largest absolute Gasteiger partial charge is 0.350 e. The Morgan fingerprint density at radius 2 is 1.85 bits per heavy atom. The molecule has 0 bridgehead atoms. The molecule has 0 atom stereocenters. The Balaban J connectivity index is 1.43. The van der Waals surface area contributed by atoms with Crippen LogP contribution in [0.2, 0.25) is 5.02 Å². The van der Waals surface area contributed by atoms with Gasteiger partial charge in [-0.05, 0) is 31.0 Å². The number of hydrogen-bond donors (Lipinski definition) is 2. The van der Waals surface area contributed by atoms with Crippen LogP contribution in [0, 0.1) is 0 Å². The van der Waals surface area contributed by atoms with Crippen LogP contribution in [0.5, 0.6) is 0 Å². The third-order valence-corrected chi connectivity index (χ3v) is 4.62. The maximum absolute atomic E-state index is 12.1. The first-order valence-corrected chi connectivity index (χ1v) is 9.17. The van der Waals surface area contributed by atoms with E-state index in [1.54, 1.807) is 24.3 Å². The molecule has 1 aromatic carbocycles. The van der Waals surface area contributed by atoms with E-state index in [2.05, 4.69) is 20.8 Å². The zero-order valence-corrected chi connectivity index (χ0v) is 15.1. The van der Waals surface area contributed by atoms with E-state index in [0.29, 0.717) is 16.4 Å². The van der Waals surface area contributed by atoms with Crippen molar-refractivity contribution in [1.82, 2.24) is 20.8 Å². The lowest BCUT2D eigenvalue weighted by atomic mass is 9.89. The smallest absolute Gasteiger partial charge is 0.315 e. The summed E-state index contributed by atoms with van der Waals surface area (Å²) in [6, 6.07) is 6.66. The molecule has 0 radical (unpaired) electrons. The van der Waals surface area contributed by atoms with E-state index in [1.165, 1.54) is 6.42 Å². The number of benzene rings is 1. The number of nitrogens with zero attached hydrogens (tertiary/aromatic N) is 2. The van der Waals surface area contributed by atoms with Crippen molar-refractivity contribution >= 4 is 23.4 Å². The highest BCUT2D eigenvalue weighted by molar-refractivity contribution is 6.30. The Kier molecular flexibility index (Phi) is 6.22. The van der Waals surface area contributed by atoms with Gasteiger partial charge >= 0.3 is 11.8 Å². The van der Waals surface area contributed by atoms with Crippen molar-refractivity contribution in [2.45, 2.75) is 38.0 Å². The first kappa shape index (κ1) is 18.4. The van der Waals surface area contributed by atoms with Crippen LogP contribution in [0.4, 0.5) is 0 Å². The lowest BCUT2D eigenvalue weighted by molar-refractivity contribution is 0.0898. The van der Waals surface area contributed by atoms with Crippen LogP contribution in [-0.2, 0) is 0 Å². The van der Waals surface area contributed by atoms with Gasteiger partial charge < -0.3 is 15.2 Å². The fourth-order valence-electron chi connectivity index (χ4n) is 3.01. The second kappa shape index (κ2) is 8.80. The minimum absolute atomic E-state index is 0.0354. The molecule has 1 saturated carbocycles. The highest BCUT2D eigenvalue weighted by Gasteiger charge is 2.23. The fourth-order valence-corrected chi connectivity index (χ4v) is 3.20. The average molecular weight is 377 g/mol. The SMILES string of the molecule is O=C(NCCNC(=O)c1nc(C2CCCCC2)no1)c1cccc(Cl)c1. The zero-order valence-electron chi connectivity index (χ0n) is 14.3. The first-order valence-electron chi connectivity index (χ1n) is 8.79. The summed E-state index contributed by atoms with van der Waals surface area (Å²) >= 11 is 5.86. The molecule has 3 rings (SSSR count). The number of amides is 2. The van der Waals surface area contributed by atoms with Gasteiger partial charge in [-0.25, -0.2) is 0 Å². The van der Waals surface area contributed by atoms with E-state index in [0.717, 1.165) is 25.7 Å². The van der Waals surface area contributed by atoms with E-state index in [4.69, 9.17) is 16.1 Å². The molecule has 2 N–H and O–H groups in total. The van der Waals surface area contributed by atoms with Gasteiger partial charge in [-0.15, -0.1) is 0 Å². The molecule has 7 nitrogen and oxygen atoms in total. The molecule has 1 heterocycles. The normalized spacial score (nSPS) is 14.8. The van der Waals surface area contributed by atoms with E-state index in [-0.39, 0.29) is 30.8 Å².